The number of carbonyl (C=O) groups excluding carboxylic acids is 2. The molecule has 0 bridgehead atoms. The van der Waals surface area contributed by atoms with Crippen LogP contribution in [0.5, 0.6) is 5.75 Å². The van der Waals surface area contributed by atoms with Gasteiger partial charge in [-0.2, -0.15) is 0 Å². The Balaban J connectivity index is 1.40. The van der Waals surface area contributed by atoms with Crippen molar-refractivity contribution in [1.82, 2.24) is 5.32 Å². The molecular formula is C23H26N2O3. The second-order valence-electron chi connectivity index (χ2n) is 7.97. The van der Waals surface area contributed by atoms with Crippen molar-refractivity contribution in [1.29, 1.82) is 0 Å². The highest BCUT2D eigenvalue weighted by Crippen LogP contribution is 2.42. The van der Waals surface area contributed by atoms with Crippen molar-refractivity contribution in [2.45, 2.75) is 44.6 Å². The molecule has 0 spiro atoms. The fraction of sp³-hybridized carbons (Fsp3) is 0.391. The molecule has 2 aromatic rings. The Kier molecular flexibility index (Phi) is 5.33. The lowest BCUT2D eigenvalue weighted by molar-refractivity contribution is 0.1000. The first-order valence-corrected chi connectivity index (χ1v) is 10.1. The van der Waals surface area contributed by atoms with Crippen molar-refractivity contribution >= 4 is 12.0 Å². The minimum Gasteiger partial charge on any atom is -0.410 e. The summed E-state index contributed by atoms with van der Waals surface area (Å²) in [5, 5.41) is 3.04. The number of benzene rings is 2. The maximum atomic E-state index is 12.4. The van der Waals surface area contributed by atoms with Crippen LogP contribution < -0.4 is 15.8 Å². The van der Waals surface area contributed by atoms with Gasteiger partial charge in [0.2, 0.25) is 5.91 Å². The Hall–Kier alpha value is -2.82. The summed E-state index contributed by atoms with van der Waals surface area (Å²) < 4.78 is 5.53. The summed E-state index contributed by atoms with van der Waals surface area (Å²) in [4.78, 5) is 23.8. The van der Waals surface area contributed by atoms with Gasteiger partial charge >= 0.3 is 6.09 Å². The molecule has 0 aromatic heterocycles. The molecule has 2 aromatic carbocycles. The topological polar surface area (TPSA) is 81.4 Å². The molecule has 5 heteroatoms. The third-order valence-electron chi connectivity index (χ3n) is 6.14. The van der Waals surface area contributed by atoms with Crippen LogP contribution in [0.15, 0.2) is 48.5 Å². The number of primary amides is 1. The molecule has 3 unspecified atom stereocenters. The fourth-order valence-corrected chi connectivity index (χ4v) is 4.73. The zero-order valence-electron chi connectivity index (χ0n) is 15.9. The molecule has 28 heavy (non-hydrogen) atoms. The van der Waals surface area contributed by atoms with E-state index in [0.29, 0.717) is 11.3 Å². The zero-order chi connectivity index (χ0) is 19.5. The zero-order valence-corrected chi connectivity index (χ0v) is 15.9. The molecule has 0 radical (unpaired) electrons. The smallest absolute Gasteiger partial charge is 0.410 e. The largest absolute Gasteiger partial charge is 0.412 e. The third kappa shape index (κ3) is 4.19. The Bertz CT molecular complexity index is 880. The average Bonchev–Trinajstić information content (AvgIpc) is 3.16. The summed E-state index contributed by atoms with van der Waals surface area (Å²) in [6.45, 7) is 0. The van der Waals surface area contributed by atoms with E-state index in [9.17, 15) is 9.59 Å². The van der Waals surface area contributed by atoms with Crippen LogP contribution in [-0.2, 0) is 0 Å². The lowest BCUT2D eigenvalue weighted by atomic mass is 9.79. The first kappa shape index (κ1) is 18.5. The summed E-state index contributed by atoms with van der Waals surface area (Å²) in [7, 11) is 0. The molecule has 2 aliphatic carbocycles. The highest BCUT2D eigenvalue weighted by molar-refractivity contribution is 5.94. The summed E-state index contributed by atoms with van der Waals surface area (Å²) in [6, 6.07) is 14.6. The van der Waals surface area contributed by atoms with Crippen LogP contribution in [0.3, 0.4) is 0 Å². The molecule has 2 saturated carbocycles. The van der Waals surface area contributed by atoms with Crippen LogP contribution in [0.25, 0.3) is 11.1 Å². The van der Waals surface area contributed by atoms with E-state index >= 15 is 0 Å². The average molecular weight is 378 g/mol. The lowest BCUT2D eigenvalue weighted by Gasteiger charge is -2.31. The number of rotatable bonds is 4. The molecule has 146 valence electrons. The third-order valence-corrected chi connectivity index (χ3v) is 6.14. The molecule has 2 fully saturated rings. The normalized spacial score (nSPS) is 23.6. The number of amides is 2. The van der Waals surface area contributed by atoms with Gasteiger partial charge in [0.25, 0.3) is 0 Å². The van der Waals surface area contributed by atoms with Crippen molar-refractivity contribution in [3.63, 3.8) is 0 Å². The molecule has 4 rings (SSSR count). The Morgan fingerprint density at radius 2 is 1.68 bits per heavy atom. The van der Waals surface area contributed by atoms with E-state index < -0.39 is 12.0 Å². The number of hydrogen-bond acceptors (Lipinski definition) is 3. The Morgan fingerprint density at radius 3 is 2.50 bits per heavy atom. The Labute approximate surface area is 165 Å². The van der Waals surface area contributed by atoms with Gasteiger partial charge < -0.3 is 15.8 Å². The highest BCUT2D eigenvalue weighted by Gasteiger charge is 2.34. The molecule has 2 amide bonds. The van der Waals surface area contributed by atoms with Crippen molar-refractivity contribution < 1.29 is 14.3 Å². The number of hydrogen-bond donors (Lipinski definition) is 2. The second kappa shape index (κ2) is 8.05. The second-order valence-corrected chi connectivity index (χ2v) is 7.97. The molecule has 2 aliphatic rings. The molecular weight excluding hydrogens is 352 g/mol. The van der Waals surface area contributed by atoms with Gasteiger partial charge in [0, 0.05) is 11.6 Å². The van der Waals surface area contributed by atoms with Crippen LogP contribution in [0, 0.1) is 11.8 Å². The molecule has 3 atom stereocenters. The van der Waals surface area contributed by atoms with E-state index in [4.69, 9.17) is 10.5 Å². The van der Waals surface area contributed by atoms with Crippen LogP contribution in [0.4, 0.5) is 4.79 Å². The van der Waals surface area contributed by atoms with E-state index in [1.54, 1.807) is 30.3 Å². The van der Waals surface area contributed by atoms with Crippen molar-refractivity contribution in [2.24, 2.45) is 17.6 Å². The molecule has 5 nitrogen and oxygen atoms in total. The van der Waals surface area contributed by atoms with Gasteiger partial charge in [-0.05, 0) is 66.5 Å². The molecule has 0 heterocycles. The first-order chi connectivity index (χ1) is 13.6. The number of nitrogens with one attached hydrogen (secondary N) is 1. The molecule has 0 saturated heterocycles. The fourth-order valence-electron chi connectivity index (χ4n) is 4.73. The standard InChI is InChI=1S/C23H26N2O3/c24-22(26)19-8-2-5-16(12-19)18-7-3-9-21(14-18)28-23(27)25-20-11-10-15-4-1-6-17(15)13-20/h2-3,5,7-9,12,14-15,17,20H,1,4,6,10-11,13H2,(H2,24,26)(H,25,27). The van der Waals surface area contributed by atoms with Crippen LogP contribution >= 0.6 is 0 Å². The predicted molar refractivity (Wildman–Crippen MR) is 108 cm³/mol. The first-order valence-electron chi connectivity index (χ1n) is 10.1. The number of ether oxygens (including phenoxy) is 1. The van der Waals surface area contributed by atoms with Gasteiger partial charge in [0.05, 0.1) is 0 Å². The van der Waals surface area contributed by atoms with Gasteiger partial charge in [0.15, 0.2) is 0 Å². The summed E-state index contributed by atoms with van der Waals surface area (Å²) in [6.07, 6.45) is 6.90. The van der Waals surface area contributed by atoms with Gasteiger partial charge in [0.1, 0.15) is 5.75 Å². The Morgan fingerprint density at radius 1 is 0.929 bits per heavy atom. The summed E-state index contributed by atoms with van der Waals surface area (Å²) in [5.41, 5.74) is 7.52. The highest BCUT2D eigenvalue weighted by atomic mass is 16.6. The minimum atomic E-state index is -0.467. The minimum absolute atomic E-state index is 0.210. The van der Waals surface area contributed by atoms with E-state index in [1.807, 2.05) is 18.2 Å². The van der Waals surface area contributed by atoms with E-state index in [1.165, 1.54) is 25.7 Å². The quantitative estimate of drug-likeness (QED) is 0.821. The van der Waals surface area contributed by atoms with Crippen LogP contribution in [-0.4, -0.2) is 18.0 Å². The molecule has 0 aliphatic heterocycles. The molecule has 3 N–H and O–H groups in total. The van der Waals surface area contributed by atoms with Crippen LogP contribution in [0.2, 0.25) is 0 Å². The summed E-state index contributed by atoms with van der Waals surface area (Å²) in [5.74, 6) is 1.64. The van der Waals surface area contributed by atoms with E-state index in [-0.39, 0.29) is 6.04 Å². The number of fused-ring (bicyclic) bond motifs is 1. The lowest BCUT2D eigenvalue weighted by Crippen LogP contribution is -2.41. The number of nitrogens with two attached hydrogens (primary N) is 1. The SMILES string of the molecule is NC(=O)c1cccc(-c2cccc(OC(=O)NC3CCC4CCCC4C3)c2)c1. The van der Waals surface area contributed by atoms with Gasteiger partial charge in [-0.3, -0.25) is 4.79 Å². The van der Waals surface area contributed by atoms with Gasteiger partial charge in [-0.25, -0.2) is 4.79 Å². The maximum absolute atomic E-state index is 12.4. The van der Waals surface area contributed by atoms with Gasteiger partial charge in [-0.1, -0.05) is 43.5 Å². The van der Waals surface area contributed by atoms with Crippen LogP contribution in [0.1, 0.15) is 48.9 Å². The summed E-state index contributed by atoms with van der Waals surface area (Å²) >= 11 is 0. The van der Waals surface area contributed by atoms with Crippen molar-refractivity contribution in [2.75, 3.05) is 0 Å². The maximum Gasteiger partial charge on any atom is 0.412 e. The number of carbonyl (C=O) groups is 2. The van der Waals surface area contributed by atoms with Crippen molar-refractivity contribution in [3.8, 4) is 16.9 Å². The predicted octanol–water partition coefficient (Wildman–Crippen LogP) is 4.51. The monoisotopic (exact) mass is 378 g/mol. The van der Waals surface area contributed by atoms with E-state index in [0.717, 1.165) is 35.8 Å². The van der Waals surface area contributed by atoms with Crippen molar-refractivity contribution in [3.05, 3.63) is 54.1 Å². The van der Waals surface area contributed by atoms with E-state index in [2.05, 4.69) is 5.32 Å². The van der Waals surface area contributed by atoms with Gasteiger partial charge in [-0.15, -0.1) is 0 Å².